The molecular formula is C32H39NO5S. The van der Waals surface area contributed by atoms with Crippen LogP contribution in [0, 0.1) is 26.7 Å². The van der Waals surface area contributed by atoms with E-state index in [1.165, 1.54) is 0 Å². The molecule has 0 fully saturated rings. The van der Waals surface area contributed by atoms with Crippen molar-refractivity contribution in [3.05, 3.63) is 113 Å². The van der Waals surface area contributed by atoms with Gasteiger partial charge >= 0.3 is 5.97 Å². The Morgan fingerprint density at radius 3 is 2.10 bits per heavy atom. The van der Waals surface area contributed by atoms with Crippen molar-refractivity contribution in [3.63, 3.8) is 0 Å². The number of carbonyl (C=O) groups excluding carboxylic acids is 1. The molecular weight excluding hydrogens is 510 g/mol. The van der Waals surface area contributed by atoms with Crippen LogP contribution in [0.3, 0.4) is 0 Å². The molecule has 0 aliphatic carbocycles. The molecule has 0 radical (unpaired) electrons. The predicted octanol–water partition coefficient (Wildman–Crippen LogP) is 6.32. The number of benzene rings is 3. The fourth-order valence-electron chi connectivity index (χ4n) is 4.49. The summed E-state index contributed by atoms with van der Waals surface area (Å²) in [5, 5.41) is 10.4. The lowest BCUT2D eigenvalue weighted by atomic mass is 10.0. The molecule has 3 aromatic carbocycles. The minimum atomic E-state index is -1.92. The first kappa shape index (κ1) is 30.3. The van der Waals surface area contributed by atoms with Crippen LogP contribution in [0.25, 0.3) is 0 Å². The number of allylic oxidation sites excluding steroid dienone is 1. The first-order valence-corrected chi connectivity index (χ1v) is 14.2. The van der Waals surface area contributed by atoms with E-state index in [1.54, 1.807) is 30.3 Å². The minimum Gasteiger partial charge on any atom is -0.455 e. The Hall–Kier alpha value is -3.26. The predicted molar refractivity (Wildman–Crippen MR) is 156 cm³/mol. The van der Waals surface area contributed by atoms with E-state index in [1.807, 2.05) is 100 Å². The van der Waals surface area contributed by atoms with Crippen molar-refractivity contribution >= 4 is 17.2 Å². The van der Waals surface area contributed by atoms with Crippen molar-refractivity contribution in [2.24, 2.45) is 5.92 Å². The van der Waals surface area contributed by atoms with Gasteiger partial charge in [0.05, 0.1) is 18.1 Å². The number of hydrogen-bond acceptors (Lipinski definition) is 5. The first-order valence-electron chi connectivity index (χ1n) is 13.2. The number of aryl methyl sites for hydroxylation is 3. The quantitative estimate of drug-likeness (QED) is 0.211. The van der Waals surface area contributed by atoms with Crippen LogP contribution < -0.4 is 4.18 Å². The molecule has 7 heteroatoms. The number of ether oxygens (including phenoxy) is 1. The van der Waals surface area contributed by atoms with Gasteiger partial charge in [0.2, 0.25) is 0 Å². The van der Waals surface area contributed by atoms with E-state index in [4.69, 9.17) is 8.92 Å². The molecule has 0 aliphatic rings. The summed E-state index contributed by atoms with van der Waals surface area (Å²) in [5.41, 5.74) is 4.58. The molecule has 0 bridgehead atoms. The zero-order valence-corrected chi connectivity index (χ0v) is 24.4. The van der Waals surface area contributed by atoms with E-state index in [-0.39, 0.29) is 0 Å². The van der Waals surface area contributed by atoms with Crippen molar-refractivity contribution in [1.82, 2.24) is 4.31 Å². The normalized spacial score (nSPS) is 15.5. The van der Waals surface area contributed by atoms with Gasteiger partial charge in [0, 0.05) is 6.54 Å². The molecule has 3 rings (SSSR count). The van der Waals surface area contributed by atoms with Gasteiger partial charge in [0.15, 0.2) is 0 Å². The van der Waals surface area contributed by atoms with E-state index < -0.39 is 41.4 Å². The topological polar surface area (TPSA) is 76.1 Å². The summed E-state index contributed by atoms with van der Waals surface area (Å²) in [5.74, 6) is -0.750. The summed E-state index contributed by atoms with van der Waals surface area (Å²) < 4.78 is 27.8. The SMILES string of the molecule is C/C=C/[C@@H](O)[C@@H](C)C(=O)O[C@H](c1ccccc1)[C@H](C)N(Cc1ccccc1)S(=O)Oc1c(C)cc(C)cc1C. The van der Waals surface area contributed by atoms with Crippen molar-refractivity contribution in [2.45, 2.75) is 66.3 Å². The molecule has 6 nitrogen and oxygen atoms in total. The van der Waals surface area contributed by atoms with Crippen LogP contribution in [0.5, 0.6) is 5.75 Å². The van der Waals surface area contributed by atoms with Crippen LogP contribution in [0.4, 0.5) is 0 Å². The smallest absolute Gasteiger partial charge is 0.312 e. The van der Waals surface area contributed by atoms with Gasteiger partial charge in [-0.3, -0.25) is 4.79 Å². The van der Waals surface area contributed by atoms with Crippen LogP contribution in [-0.2, 0) is 27.3 Å². The highest BCUT2D eigenvalue weighted by Gasteiger charge is 2.35. The molecule has 0 aliphatic heterocycles. The van der Waals surface area contributed by atoms with Gasteiger partial charge in [-0.25, -0.2) is 0 Å². The van der Waals surface area contributed by atoms with E-state index in [0.29, 0.717) is 12.3 Å². The van der Waals surface area contributed by atoms with Crippen LogP contribution in [0.1, 0.15) is 54.7 Å². The highest BCUT2D eigenvalue weighted by molar-refractivity contribution is 7.78. The fraction of sp³-hybridized carbons (Fsp3) is 0.344. The molecule has 208 valence electrons. The van der Waals surface area contributed by atoms with Gasteiger partial charge in [-0.2, -0.15) is 8.51 Å². The van der Waals surface area contributed by atoms with E-state index in [2.05, 4.69) is 0 Å². The number of aliphatic hydroxyl groups excluding tert-OH is 1. The zero-order valence-electron chi connectivity index (χ0n) is 23.5. The van der Waals surface area contributed by atoms with Crippen molar-refractivity contribution in [3.8, 4) is 5.75 Å². The highest BCUT2D eigenvalue weighted by atomic mass is 32.2. The number of aliphatic hydroxyl groups is 1. The maximum absolute atomic E-state index is 13.9. The maximum Gasteiger partial charge on any atom is 0.312 e. The molecule has 1 N–H and O–H groups in total. The third-order valence-corrected chi connectivity index (χ3v) is 7.82. The van der Waals surface area contributed by atoms with Gasteiger partial charge in [0.1, 0.15) is 11.9 Å². The molecule has 0 saturated carbocycles. The standard InChI is InChI=1S/C32H39NO5S/c1-7-14-29(34)25(5)32(35)37-31(28-17-12-9-13-18-28)26(6)33(21-27-15-10-8-11-16-27)39(36)38-30-23(3)19-22(2)20-24(30)4/h7-20,25-26,29,31,34H,21H2,1-6H3/b14-7+/t25-,26+,29-,31+,39?/m1/s1. The number of esters is 1. The summed E-state index contributed by atoms with van der Waals surface area (Å²) in [6.07, 6.45) is 1.52. The van der Waals surface area contributed by atoms with Crippen molar-refractivity contribution < 1.29 is 23.0 Å². The van der Waals surface area contributed by atoms with Crippen LogP contribution >= 0.6 is 0 Å². The van der Waals surface area contributed by atoms with Crippen molar-refractivity contribution in [2.75, 3.05) is 0 Å². The average molecular weight is 550 g/mol. The van der Waals surface area contributed by atoms with Crippen LogP contribution in [0.2, 0.25) is 0 Å². The Kier molecular flexibility index (Phi) is 11.0. The van der Waals surface area contributed by atoms with Crippen molar-refractivity contribution in [1.29, 1.82) is 0 Å². The summed E-state index contributed by atoms with van der Waals surface area (Å²) in [7, 11) is 0. The summed E-state index contributed by atoms with van der Waals surface area (Å²) in [6, 6.07) is 22.5. The molecule has 5 atom stereocenters. The first-order chi connectivity index (χ1) is 18.6. The lowest BCUT2D eigenvalue weighted by Gasteiger charge is -2.33. The Morgan fingerprint density at radius 2 is 1.54 bits per heavy atom. The Morgan fingerprint density at radius 1 is 0.974 bits per heavy atom. The number of hydrogen-bond donors (Lipinski definition) is 1. The Bertz CT molecular complexity index is 1260. The van der Waals surface area contributed by atoms with Crippen LogP contribution in [-0.4, -0.2) is 31.7 Å². The Labute approximate surface area is 235 Å². The highest BCUT2D eigenvalue weighted by Crippen LogP contribution is 2.31. The molecule has 0 spiro atoms. The molecule has 1 unspecified atom stereocenters. The van der Waals surface area contributed by atoms with Gasteiger partial charge < -0.3 is 14.0 Å². The molecule has 0 heterocycles. The third kappa shape index (κ3) is 8.12. The monoisotopic (exact) mass is 549 g/mol. The summed E-state index contributed by atoms with van der Waals surface area (Å²) in [4.78, 5) is 13.2. The van der Waals surface area contributed by atoms with Gasteiger partial charge in [-0.15, -0.1) is 0 Å². The van der Waals surface area contributed by atoms with Gasteiger partial charge in [0.25, 0.3) is 11.3 Å². The van der Waals surface area contributed by atoms with Gasteiger partial charge in [-0.05, 0) is 63.8 Å². The molecule has 0 saturated heterocycles. The fourth-order valence-corrected chi connectivity index (χ4v) is 5.63. The second-order valence-corrected chi connectivity index (χ2v) is 11.0. The largest absolute Gasteiger partial charge is 0.455 e. The number of nitrogens with zero attached hydrogens (tertiary/aromatic N) is 1. The van der Waals surface area contributed by atoms with E-state index >= 15 is 0 Å². The zero-order chi connectivity index (χ0) is 28.5. The average Bonchev–Trinajstić information content (AvgIpc) is 2.92. The van der Waals surface area contributed by atoms with E-state index in [0.717, 1.165) is 27.8 Å². The number of carbonyl (C=O) groups is 1. The van der Waals surface area contributed by atoms with Crippen LogP contribution in [0.15, 0.2) is 84.9 Å². The number of rotatable bonds is 12. The Balaban J connectivity index is 1.99. The molecule has 0 amide bonds. The molecule has 39 heavy (non-hydrogen) atoms. The summed E-state index contributed by atoms with van der Waals surface area (Å²) >= 11 is -1.92. The molecule has 3 aromatic rings. The third-order valence-electron chi connectivity index (χ3n) is 6.67. The van der Waals surface area contributed by atoms with Gasteiger partial charge in [-0.1, -0.05) is 90.5 Å². The second kappa shape index (κ2) is 14.2. The lowest BCUT2D eigenvalue weighted by Crippen LogP contribution is -2.42. The minimum absolute atomic E-state index is 0.302. The molecule has 0 aromatic heterocycles. The second-order valence-electron chi connectivity index (χ2n) is 9.90. The lowest BCUT2D eigenvalue weighted by molar-refractivity contribution is -0.159. The maximum atomic E-state index is 13.9. The summed E-state index contributed by atoms with van der Waals surface area (Å²) in [6.45, 7) is 11.5. The van der Waals surface area contributed by atoms with E-state index in [9.17, 15) is 14.1 Å².